The fraction of sp³-hybridized carbons (Fsp3) is 0.696. The third-order valence-corrected chi connectivity index (χ3v) is 6.11. The first-order valence-corrected chi connectivity index (χ1v) is 11.3. The van der Waals surface area contributed by atoms with E-state index in [0.29, 0.717) is 5.92 Å². The summed E-state index contributed by atoms with van der Waals surface area (Å²) in [5, 5.41) is 6.95. The molecule has 0 bridgehead atoms. The molecule has 0 radical (unpaired) electrons. The summed E-state index contributed by atoms with van der Waals surface area (Å²) in [6.45, 7) is 12.0. The molecule has 2 fully saturated rings. The first kappa shape index (κ1) is 21.0. The Morgan fingerprint density at radius 3 is 2.75 bits per heavy atom. The minimum Gasteiger partial charge on any atom is -0.371 e. The summed E-state index contributed by atoms with van der Waals surface area (Å²) >= 11 is 0. The molecule has 1 aromatic carbocycles. The van der Waals surface area contributed by atoms with Crippen LogP contribution in [0.1, 0.15) is 46.0 Å². The SMILES string of the molecule is CCNC(=NCC1CCN(c2ccccc2)C1)NCCCN1CCCCC1C. The molecule has 0 saturated carbocycles. The molecular formula is C23H39N5. The third-order valence-electron chi connectivity index (χ3n) is 6.11. The van der Waals surface area contributed by atoms with E-state index in [1.54, 1.807) is 0 Å². The summed E-state index contributed by atoms with van der Waals surface area (Å²) in [5.41, 5.74) is 1.34. The molecule has 2 aliphatic heterocycles. The topological polar surface area (TPSA) is 42.9 Å². The standard InChI is InChI=1S/C23H39N5/c1-3-24-23(25-14-9-16-27-15-8-7-10-20(27)2)26-18-21-13-17-28(19-21)22-11-5-4-6-12-22/h4-6,11-12,20-21H,3,7-10,13-19H2,1-2H3,(H2,24,25,26). The van der Waals surface area contributed by atoms with Crippen molar-refractivity contribution in [2.75, 3.05) is 50.7 Å². The van der Waals surface area contributed by atoms with E-state index in [1.165, 1.54) is 50.9 Å². The molecule has 0 amide bonds. The third kappa shape index (κ3) is 6.40. The van der Waals surface area contributed by atoms with Gasteiger partial charge in [-0.3, -0.25) is 4.99 Å². The van der Waals surface area contributed by atoms with Crippen LogP contribution in [0.5, 0.6) is 0 Å². The lowest BCUT2D eigenvalue weighted by Crippen LogP contribution is -2.41. The average molecular weight is 386 g/mol. The van der Waals surface area contributed by atoms with Crippen LogP contribution in [0.2, 0.25) is 0 Å². The highest BCUT2D eigenvalue weighted by molar-refractivity contribution is 5.79. The van der Waals surface area contributed by atoms with E-state index in [-0.39, 0.29) is 0 Å². The number of anilines is 1. The number of hydrogen-bond donors (Lipinski definition) is 2. The van der Waals surface area contributed by atoms with Crippen LogP contribution in [-0.2, 0) is 0 Å². The van der Waals surface area contributed by atoms with Crippen LogP contribution in [0.15, 0.2) is 35.3 Å². The molecule has 2 unspecified atom stereocenters. The predicted octanol–water partition coefficient (Wildman–Crippen LogP) is 3.33. The van der Waals surface area contributed by atoms with Crippen molar-refractivity contribution < 1.29 is 0 Å². The second kappa shape index (κ2) is 11.3. The fourth-order valence-electron chi connectivity index (χ4n) is 4.40. The van der Waals surface area contributed by atoms with Crippen molar-refractivity contribution in [1.29, 1.82) is 0 Å². The second-order valence-corrected chi connectivity index (χ2v) is 8.32. The lowest BCUT2D eigenvalue weighted by Gasteiger charge is -2.33. The van der Waals surface area contributed by atoms with Gasteiger partial charge in [0.15, 0.2) is 5.96 Å². The van der Waals surface area contributed by atoms with Gasteiger partial charge in [0.1, 0.15) is 0 Å². The van der Waals surface area contributed by atoms with E-state index in [4.69, 9.17) is 4.99 Å². The summed E-state index contributed by atoms with van der Waals surface area (Å²) < 4.78 is 0. The Hall–Kier alpha value is -1.75. The molecule has 0 aliphatic carbocycles. The van der Waals surface area contributed by atoms with E-state index in [9.17, 15) is 0 Å². The predicted molar refractivity (Wildman–Crippen MR) is 120 cm³/mol. The molecule has 5 nitrogen and oxygen atoms in total. The average Bonchev–Trinajstić information content (AvgIpc) is 3.20. The Balaban J connectivity index is 1.39. The van der Waals surface area contributed by atoms with Gasteiger partial charge in [0.25, 0.3) is 0 Å². The van der Waals surface area contributed by atoms with Crippen molar-refractivity contribution in [2.24, 2.45) is 10.9 Å². The van der Waals surface area contributed by atoms with Crippen LogP contribution in [0.4, 0.5) is 5.69 Å². The van der Waals surface area contributed by atoms with E-state index in [1.807, 2.05) is 0 Å². The Bertz CT molecular complexity index is 588. The number of hydrogen-bond acceptors (Lipinski definition) is 3. The molecule has 5 heteroatoms. The maximum absolute atomic E-state index is 4.88. The van der Waals surface area contributed by atoms with Crippen molar-refractivity contribution >= 4 is 11.6 Å². The number of guanidine groups is 1. The number of para-hydroxylation sites is 1. The van der Waals surface area contributed by atoms with Crippen molar-refractivity contribution in [3.63, 3.8) is 0 Å². The summed E-state index contributed by atoms with van der Waals surface area (Å²) in [5.74, 6) is 1.62. The van der Waals surface area contributed by atoms with Gasteiger partial charge in [0.05, 0.1) is 0 Å². The summed E-state index contributed by atoms with van der Waals surface area (Å²) in [7, 11) is 0. The van der Waals surface area contributed by atoms with E-state index >= 15 is 0 Å². The number of piperidine rings is 1. The van der Waals surface area contributed by atoms with Gasteiger partial charge in [-0.25, -0.2) is 0 Å². The Morgan fingerprint density at radius 2 is 1.96 bits per heavy atom. The zero-order chi connectivity index (χ0) is 19.6. The summed E-state index contributed by atoms with van der Waals surface area (Å²) in [6.07, 6.45) is 6.53. The van der Waals surface area contributed by atoms with Gasteiger partial charge in [0, 0.05) is 51.0 Å². The van der Waals surface area contributed by atoms with Crippen LogP contribution in [0, 0.1) is 5.92 Å². The minimum absolute atomic E-state index is 0.643. The molecule has 2 saturated heterocycles. The minimum atomic E-state index is 0.643. The maximum Gasteiger partial charge on any atom is 0.191 e. The van der Waals surface area contributed by atoms with Crippen LogP contribution >= 0.6 is 0 Å². The Morgan fingerprint density at radius 1 is 1.11 bits per heavy atom. The van der Waals surface area contributed by atoms with Crippen molar-refractivity contribution in [1.82, 2.24) is 15.5 Å². The Labute approximate surface area is 171 Å². The monoisotopic (exact) mass is 385 g/mol. The van der Waals surface area contributed by atoms with Gasteiger partial charge in [-0.2, -0.15) is 0 Å². The lowest BCUT2D eigenvalue weighted by atomic mass is 10.0. The number of likely N-dealkylation sites (tertiary alicyclic amines) is 1. The zero-order valence-corrected chi connectivity index (χ0v) is 17.9. The van der Waals surface area contributed by atoms with Crippen molar-refractivity contribution in [2.45, 2.75) is 52.0 Å². The smallest absolute Gasteiger partial charge is 0.191 e. The van der Waals surface area contributed by atoms with Crippen LogP contribution < -0.4 is 15.5 Å². The molecule has 0 aromatic heterocycles. The van der Waals surface area contributed by atoms with Crippen LogP contribution in [0.3, 0.4) is 0 Å². The summed E-state index contributed by atoms with van der Waals surface area (Å²) in [6, 6.07) is 11.5. The van der Waals surface area contributed by atoms with Gasteiger partial charge in [0.2, 0.25) is 0 Å². The number of aliphatic imine (C=N–C) groups is 1. The quantitative estimate of drug-likeness (QED) is 0.409. The van der Waals surface area contributed by atoms with Gasteiger partial charge >= 0.3 is 0 Å². The molecular weight excluding hydrogens is 346 g/mol. The first-order valence-electron chi connectivity index (χ1n) is 11.3. The van der Waals surface area contributed by atoms with Gasteiger partial charge in [-0.05, 0) is 64.1 Å². The van der Waals surface area contributed by atoms with Gasteiger partial charge in [-0.15, -0.1) is 0 Å². The largest absolute Gasteiger partial charge is 0.371 e. The highest BCUT2D eigenvalue weighted by atomic mass is 15.2. The number of benzene rings is 1. The second-order valence-electron chi connectivity index (χ2n) is 8.32. The fourth-order valence-corrected chi connectivity index (χ4v) is 4.40. The lowest BCUT2D eigenvalue weighted by molar-refractivity contribution is 0.159. The van der Waals surface area contributed by atoms with Gasteiger partial charge < -0.3 is 20.4 Å². The number of nitrogens with zero attached hydrogens (tertiary/aromatic N) is 3. The normalized spacial score (nSPS) is 23.8. The number of nitrogens with one attached hydrogen (secondary N) is 2. The molecule has 2 heterocycles. The molecule has 1 aromatic rings. The molecule has 3 rings (SSSR count). The van der Waals surface area contributed by atoms with E-state index in [2.05, 4.69) is 64.6 Å². The highest BCUT2D eigenvalue weighted by Crippen LogP contribution is 2.23. The van der Waals surface area contributed by atoms with E-state index in [0.717, 1.165) is 44.7 Å². The molecule has 0 spiro atoms. The van der Waals surface area contributed by atoms with Crippen LogP contribution in [-0.4, -0.2) is 62.7 Å². The molecule has 2 atom stereocenters. The Kier molecular flexibility index (Phi) is 8.46. The molecule has 2 aliphatic rings. The number of rotatable bonds is 8. The van der Waals surface area contributed by atoms with Crippen molar-refractivity contribution in [3.8, 4) is 0 Å². The first-order chi connectivity index (χ1) is 13.8. The molecule has 28 heavy (non-hydrogen) atoms. The van der Waals surface area contributed by atoms with Gasteiger partial charge in [-0.1, -0.05) is 24.6 Å². The highest BCUT2D eigenvalue weighted by Gasteiger charge is 2.22. The molecule has 156 valence electrons. The van der Waals surface area contributed by atoms with E-state index < -0.39 is 0 Å². The maximum atomic E-state index is 4.88. The zero-order valence-electron chi connectivity index (χ0n) is 17.9. The van der Waals surface area contributed by atoms with Crippen LogP contribution in [0.25, 0.3) is 0 Å². The van der Waals surface area contributed by atoms with Crippen molar-refractivity contribution in [3.05, 3.63) is 30.3 Å². The molecule has 2 N–H and O–H groups in total. The summed E-state index contributed by atoms with van der Waals surface area (Å²) in [4.78, 5) is 10.0.